The minimum Gasteiger partial charge on any atom is -0.381 e. The van der Waals surface area contributed by atoms with Gasteiger partial charge in [0.1, 0.15) is 0 Å². The third-order valence-electron chi connectivity index (χ3n) is 2.53. The third-order valence-corrected chi connectivity index (χ3v) is 2.53. The average Bonchev–Trinajstić information content (AvgIpc) is 2.04. The van der Waals surface area contributed by atoms with Gasteiger partial charge in [0, 0.05) is 19.3 Å². The van der Waals surface area contributed by atoms with Crippen LogP contribution in [0.3, 0.4) is 0 Å². The fraction of sp³-hybridized carbons (Fsp3) is 1.00. The van der Waals surface area contributed by atoms with Gasteiger partial charge in [-0.05, 0) is 31.2 Å². The first-order valence-electron chi connectivity index (χ1n) is 5.39. The molecule has 2 heteroatoms. The highest BCUT2D eigenvalue weighted by Gasteiger charge is 2.14. The Hall–Kier alpha value is -0.0800. The van der Waals surface area contributed by atoms with Crippen molar-refractivity contribution in [2.75, 3.05) is 19.8 Å². The van der Waals surface area contributed by atoms with Crippen molar-refractivity contribution in [3.05, 3.63) is 0 Å². The van der Waals surface area contributed by atoms with E-state index in [-0.39, 0.29) is 0 Å². The molecule has 1 aliphatic heterocycles. The molecule has 1 saturated heterocycles. The second kappa shape index (κ2) is 4.97. The molecule has 0 aromatic carbocycles. The SMILES string of the molecule is CC(C)(C)CCNC1CCOCC1. The standard InChI is InChI=1S/C11H23NO/c1-11(2,3)6-7-12-10-4-8-13-9-5-10/h10,12H,4-9H2,1-3H3. The molecule has 13 heavy (non-hydrogen) atoms. The first-order chi connectivity index (χ1) is 6.08. The van der Waals surface area contributed by atoms with E-state index in [0.29, 0.717) is 11.5 Å². The zero-order chi connectivity index (χ0) is 9.73. The predicted octanol–water partition coefficient (Wildman–Crippen LogP) is 2.19. The summed E-state index contributed by atoms with van der Waals surface area (Å²) in [6, 6.07) is 0.705. The van der Waals surface area contributed by atoms with Gasteiger partial charge in [-0.15, -0.1) is 0 Å². The van der Waals surface area contributed by atoms with Crippen molar-refractivity contribution >= 4 is 0 Å². The lowest BCUT2D eigenvalue weighted by molar-refractivity contribution is 0.0773. The minimum absolute atomic E-state index is 0.457. The van der Waals surface area contributed by atoms with Crippen LogP contribution in [0.25, 0.3) is 0 Å². The highest BCUT2D eigenvalue weighted by molar-refractivity contribution is 4.71. The molecule has 1 heterocycles. The van der Waals surface area contributed by atoms with E-state index >= 15 is 0 Å². The summed E-state index contributed by atoms with van der Waals surface area (Å²) in [5, 5.41) is 3.60. The molecule has 1 fully saturated rings. The molecule has 1 N–H and O–H groups in total. The number of hydrogen-bond donors (Lipinski definition) is 1. The van der Waals surface area contributed by atoms with Crippen LogP contribution in [-0.2, 0) is 4.74 Å². The Labute approximate surface area is 82.0 Å². The lowest BCUT2D eigenvalue weighted by Crippen LogP contribution is -2.36. The number of nitrogens with one attached hydrogen (secondary N) is 1. The maximum Gasteiger partial charge on any atom is 0.0480 e. The predicted molar refractivity (Wildman–Crippen MR) is 55.9 cm³/mol. The van der Waals surface area contributed by atoms with Crippen LogP contribution in [0.15, 0.2) is 0 Å². The normalized spacial score (nSPS) is 20.5. The van der Waals surface area contributed by atoms with E-state index in [1.807, 2.05) is 0 Å². The summed E-state index contributed by atoms with van der Waals surface area (Å²) in [5.41, 5.74) is 0.457. The van der Waals surface area contributed by atoms with Gasteiger partial charge >= 0.3 is 0 Å². The molecule has 0 saturated carbocycles. The van der Waals surface area contributed by atoms with E-state index in [1.54, 1.807) is 0 Å². The Bertz CT molecular complexity index is 134. The smallest absolute Gasteiger partial charge is 0.0480 e. The van der Waals surface area contributed by atoms with Crippen LogP contribution in [0, 0.1) is 5.41 Å². The molecule has 0 bridgehead atoms. The molecule has 0 atom stereocenters. The molecule has 1 rings (SSSR count). The fourth-order valence-corrected chi connectivity index (χ4v) is 1.55. The van der Waals surface area contributed by atoms with Crippen LogP contribution in [-0.4, -0.2) is 25.8 Å². The number of ether oxygens (including phenoxy) is 1. The Morgan fingerprint density at radius 3 is 2.38 bits per heavy atom. The highest BCUT2D eigenvalue weighted by Crippen LogP contribution is 2.17. The molecule has 1 aliphatic rings. The number of rotatable bonds is 3. The first-order valence-corrected chi connectivity index (χ1v) is 5.39. The quantitative estimate of drug-likeness (QED) is 0.727. The maximum atomic E-state index is 5.31. The van der Waals surface area contributed by atoms with E-state index in [2.05, 4.69) is 26.1 Å². The summed E-state index contributed by atoms with van der Waals surface area (Å²) in [6.45, 7) is 9.89. The Morgan fingerprint density at radius 1 is 1.23 bits per heavy atom. The Balaban J connectivity index is 2.04. The molecular formula is C11H23NO. The molecule has 0 aromatic rings. The van der Waals surface area contributed by atoms with Crippen molar-refractivity contribution in [2.45, 2.75) is 46.1 Å². The third kappa shape index (κ3) is 5.27. The zero-order valence-corrected chi connectivity index (χ0v) is 9.23. The van der Waals surface area contributed by atoms with Crippen molar-refractivity contribution in [1.29, 1.82) is 0 Å². The van der Waals surface area contributed by atoms with Crippen molar-refractivity contribution < 1.29 is 4.74 Å². The molecule has 0 radical (unpaired) electrons. The van der Waals surface area contributed by atoms with Gasteiger partial charge < -0.3 is 10.1 Å². The summed E-state index contributed by atoms with van der Waals surface area (Å²) in [6.07, 6.45) is 3.62. The first kappa shape index (κ1) is 11.0. The summed E-state index contributed by atoms with van der Waals surface area (Å²) >= 11 is 0. The van der Waals surface area contributed by atoms with Gasteiger partial charge in [0.05, 0.1) is 0 Å². The van der Waals surface area contributed by atoms with E-state index in [0.717, 1.165) is 19.8 Å². The van der Waals surface area contributed by atoms with Crippen molar-refractivity contribution in [2.24, 2.45) is 5.41 Å². The molecule has 0 amide bonds. The van der Waals surface area contributed by atoms with Crippen LogP contribution in [0.5, 0.6) is 0 Å². The largest absolute Gasteiger partial charge is 0.381 e. The van der Waals surface area contributed by atoms with Gasteiger partial charge in [-0.25, -0.2) is 0 Å². The van der Waals surface area contributed by atoms with E-state index in [9.17, 15) is 0 Å². The molecular weight excluding hydrogens is 162 g/mol. The molecule has 0 spiro atoms. The van der Waals surface area contributed by atoms with Crippen LogP contribution >= 0.6 is 0 Å². The van der Waals surface area contributed by atoms with Crippen molar-refractivity contribution in [3.63, 3.8) is 0 Å². The Morgan fingerprint density at radius 2 is 1.85 bits per heavy atom. The van der Waals surface area contributed by atoms with Crippen molar-refractivity contribution in [1.82, 2.24) is 5.32 Å². The minimum atomic E-state index is 0.457. The van der Waals surface area contributed by atoms with Crippen LogP contribution in [0.4, 0.5) is 0 Å². The summed E-state index contributed by atoms with van der Waals surface area (Å²) < 4.78 is 5.31. The van der Waals surface area contributed by atoms with Crippen LogP contribution in [0.1, 0.15) is 40.0 Å². The molecule has 78 valence electrons. The van der Waals surface area contributed by atoms with Gasteiger partial charge in [-0.2, -0.15) is 0 Å². The van der Waals surface area contributed by atoms with Gasteiger partial charge in [-0.3, -0.25) is 0 Å². The van der Waals surface area contributed by atoms with E-state index < -0.39 is 0 Å². The highest BCUT2D eigenvalue weighted by atomic mass is 16.5. The monoisotopic (exact) mass is 185 g/mol. The van der Waals surface area contributed by atoms with Crippen LogP contribution in [0.2, 0.25) is 0 Å². The average molecular weight is 185 g/mol. The number of hydrogen-bond acceptors (Lipinski definition) is 2. The molecule has 2 nitrogen and oxygen atoms in total. The van der Waals surface area contributed by atoms with Gasteiger partial charge in [0.15, 0.2) is 0 Å². The van der Waals surface area contributed by atoms with Gasteiger partial charge in [0.2, 0.25) is 0 Å². The van der Waals surface area contributed by atoms with Gasteiger partial charge in [0.25, 0.3) is 0 Å². The summed E-state index contributed by atoms with van der Waals surface area (Å²) in [4.78, 5) is 0. The van der Waals surface area contributed by atoms with Gasteiger partial charge in [-0.1, -0.05) is 20.8 Å². The van der Waals surface area contributed by atoms with E-state index in [4.69, 9.17) is 4.74 Å². The summed E-state index contributed by atoms with van der Waals surface area (Å²) in [7, 11) is 0. The lowest BCUT2D eigenvalue weighted by Gasteiger charge is -2.25. The van der Waals surface area contributed by atoms with E-state index in [1.165, 1.54) is 19.3 Å². The fourth-order valence-electron chi connectivity index (χ4n) is 1.55. The summed E-state index contributed by atoms with van der Waals surface area (Å²) in [5.74, 6) is 0. The topological polar surface area (TPSA) is 21.3 Å². The molecule has 0 aromatic heterocycles. The molecule has 0 aliphatic carbocycles. The maximum absolute atomic E-state index is 5.31. The zero-order valence-electron chi connectivity index (χ0n) is 9.23. The second-order valence-corrected chi connectivity index (χ2v) is 5.15. The molecule has 0 unspecified atom stereocenters. The Kier molecular flexibility index (Phi) is 4.20. The second-order valence-electron chi connectivity index (χ2n) is 5.15. The lowest BCUT2D eigenvalue weighted by atomic mass is 9.92. The van der Waals surface area contributed by atoms with Crippen LogP contribution < -0.4 is 5.32 Å². The van der Waals surface area contributed by atoms with Crippen molar-refractivity contribution in [3.8, 4) is 0 Å².